The van der Waals surface area contributed by atoms with Crippen LogP contribution in [0.25, 0.3) is 5.00 Å². The second-order valence-corrected chi connectivity index (χ2v) is 12.0. The highest BCUT2D eigenvalue weighted by atomic mass is 32.1. The van der Waals surface area contributed by atoms with Gasteiger partial charge in [-0.15, -0.1) is 11.3 Å². The molecule has 0 unspecified atom stereocenters. The Labute approximate surface area is 233 Å². The molecule has 200 valence electrons. The smallest absolute Gasteiger partial charge is 0.322 e. The van der Waals surface area contributed by atoms with Gasteiger partial charge in [-0.1, -0.05) is 24.3 Å². The first-order valence-corrected chi connectivity index (χ1v) is 14.7. The lowest BCUT2D eigenvalue weighted by Crippen LogP contribution is -2.38. The normalized spacial score (nSPS) is 18.4. The maximum atomic E-state index is 14.4. The fourth-order valence-electron chi connectivity index (χ4n) is 6.57. The van der Waals surface area contributed by atoms with Crippen molar-refractivity contribution >= 4 is 23.1 Å². The number of nitrogens with zero attached hydrogens (tertiary/aromatic N) is 3. The van der Waals surface area contributed by atoms with Crippen LogP contribution in [0.3, 0.4) is 0 Å². The van der Waals surface area contributed by atoms with E-state index in [-0.39, 0.29) is 12.1 Å². The number of anilines is 1. The van der Waals surface area contributed by atoms with Gasteiger partial charge in [0.05, 0.1) is 25.4 Å². The van der Waals surface area contributed by atoms with E-state index in [0.717, 1.165) is 55.0 Å². The summed E-state index contributed by atoms with van der Waals surface area (Å²) in [5.74, 6) is 0.812. The van der Waals surface area contributed by atoms with Crippen LogP contribution in [0.4, 0.5) is 10.5 Å². The van der Waals surface area contributed by atoms with Crippen LogP contribution >= 0.6 is 11.3 Å². The molecule has 0 radical (unpaired) electrons. The van der Waals surface area contributed by atoms with E-state index in [1.807, 2.05) is 28.4 Å². The fourth-order valence-corrected chi connectivity index (χ4v) is 8.02. The van der Waals surface area contributed by atoms with Crippen molar-refractivity contribution in [3.8, 4) is 10.8 Å². The van der Waals surface area contributed by atoms with Gasteiger partial charge in [0.15, 0.2) is 0 Å². The van der Waals surface area contributed by atoms with Gasteiger partial charge in [0.1, 0.15) is 10.8 Å². The minimum atomic E-state index is -0.230. The van der Waals surface area contributed by atoms with Crippen molar-refractivity contribution in [2.75, 3.05) is 26.0 Å². The first-order chi connectivity index (χ1) is 19.1. The fraction of sp³-hybridized carbons (Fsp3) is 0.344. The van der Waals surface area contributed by atoms with Gasteiger partial charge in [-0.05, 0) is 91.7 Å². The third-order valence-electron chi connectivity index (χ3n) is 8.59. The lowest BCUT2D eigenvalue weighted by molar-refractivity contribution is 0.194. The van der Waals surface area contributed by atoms with Crippen molar-refractivity contribution in [3.63, 3.8) is 0 Å². The highest BCUT2D eigenvalue weighted by Gasteiger charge is 2.36. The van der Waals surface area contributed by atoms with E-state index in [1.165, 1.54) is 45.0 Å². The van der Waals surface area contributed by atoms with Crippen molar-refractivity contribution in [2.24, 2.45) is 0 Å². The zero-order valence-electron chi connectivity index (χ0n) is 22.6. The zero-order valence-corrected chi connectivity index (χ0v) is 23.4. The Kier molecular flexibility index (Phi) is 6.21. The molecular weight excluding hydrogens is 504 g/mol. The number of ether oxygens (including phenoxy) is 1. The maximum Gasteiger partial charge on any atom is 0.322 e. The number of nitrogens with one attached hydrogen (secondary N) is 1. The topological polar surface area (TPSA) is 49.7 Å². The minimum absolute atomic E-state index is 0.0525. The molecule has 1 N–H and O–H groups in total. The molecule has 0 saturated heterocycles. The highest BCUT2D eigenvalue weighted by molar-refractivity contribution is 7.15. The number of carbonyl (C=O) groups is 1. The van der Waals surface area contributed by atoms with Gasteiger partial charge in [-0.3, -0.25) is 0 Å². The number of aromatic nitrogens is 1. The van der Waals surface area contributed by atoms with Gasteiger partial charge in [-0.25, -0.2) is 4.79 Å². The molecule has 2 aliphatic heterocycles. The maximum absolute atomic E-state index is 14.4. The van der Waals surface area contributed by atoms with E-state index in [9.17, 15) is 4.79 Å². The van der Waals surface area contributed by atoms with Crippen LogP contribution < -0.4 is 10.1 Å². The van der Waals surface area contributed by atoms with Crippen LogP contribution in [-0.2, 0) is 32.4 Å². The largest absolute Gasteiger partial charge is 0.497 e. The number of carbonyl (C=O) groups excluding carboxylic acids is 1. The number of thiophene rings is 1. The summed E-state index contributed by atoms with van der Waals surface area (Å²) in [5, 5.41) is 4.62. The lowest BCUT2D eigenvalue weighted by Gasteiger charge is -2.32. The SMILES string of the molecule is COc1ccc([C@@H]2c3cccn3-c3sc4c(c3CN2C(=O)Nc2cccc3c2CCCC3)CCN(C)C4)cc1. The quantitative estimate of drug-likeness (QED) is 0.322. The monoisotopic (exact) mass is 538 g/mol. The Hall–Kier alpha value is -3.55. The number of likely N-dealkylation sites (N-methyl/N-ethyl adjacent to an activating group) is 1. The van der Waals surface area contributed by atoms with E-state index < -0.39 is 0 Å². The predicted octanol–water partition coefficient (Wildman–Crippen LogP) is 6.55. The van der Waals surface area contributed by atoms with Gasteiger partial charge in [0.25, 0.3) is 0 Å². The molecule has 2 aromatic heterocycles. The van der Waals surface area contributed by atoms with Crippen LogP contribution in [-0.4, -0.2) is 41.1 Å². The minimum Gasteiger partial charge on any atom is -0.497 e. The Bertz CT molecular complexity index is 1540. The van der Waals surface area contributed by atoms with Crippen molar-refractivity contribution < 1.29 is 9.53 Å². The summed E-state index contributed by atoms with van der Waals surface area (Å²) in [4.78, 5) is 20.2. The standard InChI is InChI=1S/C32H34N4O2S/c1-34-18-16-25-26-19-36(32(37)33-27-10-5-8-21-7-3-4-9-24(21)27)30(22-12-14-23(38-2)15-13-22)28-11-6-17-35(28)31(26)39-29(25)20-34/h5-6,8,10-15,17,30H,3-4,7,9,16,18-20H2,1-2H3,(H,33,37)/t30-/m1/s1. The van der Waals surface area contributed by atoms with Crippen LogP contribution in [0.15, 0.2) is 60.8 Å². The average Bonchev–Trinajstić information content (AvgIpc) is 3.54. The van der Waals surface area contributed by atoms with E-state index in [1.54, 1.807) is 7.11 Å². The summed E-state index contributed by atoms with van der Waals surface area (Å²) in [6, 6.07) is 18.5. The molecule has 3 aliphatic rings. The molecule has 0 saturated carbocycles. The number of hydrogen-bond acceptors (Lipinski definition) is 4. The molecule has 0 bridgehead atoms. The Morgan fingerprint density at radius 1 is 0.949 bits per heavy atom. The highest BCUT2D eigenvalue weighted by Crippen LogP contribution is 2.44. The molecule has 2 amide bonds. The van der Waals surface area contributed by atoms with Crippen molar-refractivity contribution in [1.29, 1.82) is 0 Å². The number of benzene rings is 2. The molecule has 2 aromatic carbocycles. The molecule has 1 aliphatic carbocycles. The molecule has 7 heteroatoms. The number of fused-ring (bicyclic) bond motifs is 6. The second kappa shape index (κ2) is 9.88. The van der Waals surface area contributed by atoms with Gasteiger partial charge in [-0.2, -0.15) is 0 Å². The number of methoxy groups -OCH3 is 1. The van der Waals surface area contributed by atoms with E-state index >= 15 is 0 Å². The number of aryl methyl sites for hydroxylation is 1. The molecule has 39 heavy (non-hydrogen) atoms. The van der Waals surface area contributed by atoms with E-state index in [4.69, 9.17) is 4.74 Å². The summed E-state index contributed by atoms with van der Waals surface area (Å²) in [6.45, 7) is 2.58. The van der Waals surface area contributed by atoms with Crippen LogP contribution in [0, 0.1) is 0 Å². The summed E-state index contributed by atoms with van der Waals surface area (Å²) < 4.78 is 7.77. The molecular formula is C32H34N4O2S. The van der Waals surface area contributed by atoms with E-state index in [0.29, 0.717) is 6.54 Å². The van der Waals surface area contributed by atoms with Crippen molar-refractivity contribution in [1.82, 2.24) is 14.4 Å². The molecule has 6 nitrogen and oxygen atoms in total. The lowest BCUT2D eigenvalue weighted by atomic mass is 9.90. The van der Waals surface area contributed by atoms with Crippen molar-refractivity contribution in [3.05, 3.63) is 99.2 Å². The molecule has 1 atom stereocenters. The molecule has 4 heterocycles. The van der Waals surface area contributed by atoms with E-state index in [2.05, 4.69) is 70.5 Å². The molecule has 0 fully saturated rings. The van der Waals surface area contributed by atoms with Crippen LogP contribution in [0.1, 0.15) is 57.3 Å². The molecule has 7 rings (SSSR count). The number of hydrogen-bond donors (Lipinski definition) is 1. The van der Waals surface area contributed by atoms with Gasteiger partial charge in [0.2, 0.25) is 0 Å². The summed E-state index contributed by atoms with van der Waals surface area (Å²) in [6.07, 6.45) is 7.67. The van der Waals surface area contributed by atoms with Gasteiger partial charge >= 0.3 is 6.03 Å². The summed E-state index contributed by atoms with van der Waals surface area (Å²) in [7, 11) is 3.87. The Balaban J connectivity index is 1.35. The first-order valence-electron chi connectivity index (χ1n) is 13.9. The van der Waals surface area contributed by atoms with Gasteiger partial charge < -0.3 is 24.4 Å². The second-order valence-electron chi connectivity index (χ2n) is 11.0. The molecule has 4 aromatic rings. The average molecular weight is 539 g/mol. The van der Waals surface area contributed by atoms with Crippen molar-refractivity contribution in [2.45, 2.75) is 51.2 Å². The third-order valence-corrected chi connectivity index (χ3v) is 9.84. The predicted molar refractivity (Wildman–Crippen MR) is 156 cm³/mol. The zero-order chi connectivity index (χ0) is 26.5. The number of urea groups is 1. The summed E-state index contributed by atoms with van der Waals surface area (Å²) in [5.41, 5.74) is 8.53. The van der Waals surface area contributed by atoms with Crippen LogP contribution in [0.2, 0.25) is 0 Å². The Morgan fingerprint density at radius 2 is 1.79 bits per heavy atom. The van der Waals surface area contributed by atoms with Gasteiger partial charge in [0, 0.05) is 35.4 Å². The van der Waals surface area contributed by atoms with Crippen LogP contribution in [0.5, 0.6) is 5.75 Å². The molecule has 0 spiro atoms. The summed E-state index contributed by atoms with van der Waals surface area (Å²) >= 11 is 1.88. The number of rotatable bonds is 3. The first kappa shape index (κ1) is 24.5. The number of amides is 2. The Morgan fingerprint density at radius 3 is 2.64 bits per heavy atom. The third kappa shape index (κ3) is 4.24.